The Labute approximate surface area is 259 Å². The van der Waals surface area contributed by atoms with Gasteiger partial charge in [0.25, 0.3) is 0 Å². The van der Waals surface area contributed by atoms with Crippen molar-refractivity contribution in [1.82, 2.24) is 9.38 Å². The van der Waals surface area contributed by atoms with Gasteiger partial charge in [-0.05, 0) is 75.4 Å². The van der Waals surface area contributed by atoms with Crippen molar-refractivity contribution in [1.29, 1.82) is 0 Å². The molecule has 4 aromatic rings. The summed E-state index contributed by atoms with van der Waals surface area (Å²) < 4.78 is 18.8. The summed E-state index contributed by atoms with van der Waals surface area (Å²) in [7, 11) is 1.42. The van der Waals surface area contributed by atoms with Crippen LogP contribution in [0.25, 0.3) is 28.0 Å². The third-order valence-corrected chi connectivity index (χ3v) is 8.76. The zero-order valence-electron chi connectivity index (χ0n) is 26.4. The summed E-state index contributed by atoms with van der Waals surface area (Å²) in [6.07, 6.45) is 3.83. The van der Waals surface area contributed by atoms with Crippen LogP contribution >= 0.6 is 0 Å². The second-order valence-electron chi connectivity index (χ2n) is 11.8. The van der Waals surface area contributed by atoms with E-state index in [1.54, 1.807) is 6.07 Å². The Morgan fingerprint density at radius 1 is 1.00 bits per heavy atom. The number of fused-ring (bicyclic) bond motifs is 1. The molecular weight excluding hydrogens is 558 g/mol. The Hall–Kier alpha value is -3.92. The smallest absolute Gasteiger partial charge is 0.310 e. The molecule has 0 spiro atoms. The van der Waals surface area contributed by atoms with Gasteiger partial charge >= 0.3 is 5.97 Å². The van der Waals surface area contributed by atoms with Gasteiger partial charge in [0.15, 0.2) is 0 Å². The van der Waals surface area contributed by atoms with Gasteiger partial charge in [-0.1, -0.05) is 29.8 Å². The van der Waals surface area contributed by atoms with Crippen molar-refractivity contribution in [3.63, 3.8) is 0 Å². The molecule has 1 aliphatic heterocycles. The first kappa shape index (κ1) is 31.5. The van der Waals surface area contributed by atoms with Gasteiger partial charge in [0.1, 0.15) is 17.2 Å². The largest absolute Gasteiger partial charge is 0.507 e. The van der Waals surface area contributed by atoms with Crippen molar-refractivity contribution in [2.45, 2.75) is 52.6 Å². The number of hydrogen-bond donors (Lipinski definition) is 2. The number of phenols is 1. The van der Waals surface area contributed by atoms with Crippen LogP contribution in [0.1, 0.15) is 42.0 Å². The van der Waals surface area contributed by atoms with Crippen molar-refractivity contribution < 1.29 is 29.2 Å². The van der Waals surface area contributed by atoms with E-state index in [0.717, 1.165) is 82.0 Å². The average molecular weight is 602 g/mol. The van der Waals surface area contributed by atoms with Crippen molar-refractivity contribution >= 4 is 17.4 Å². The molecule has 2 aromatic carbocycles. The SMILES string of the molecule is COC(=O)Cc1c(C)c(C)c2nc(-c3cccc(-c4cc(C)ccc4O)c3)cn2c1N1CCC(C)(OCCOCCO)CC1. The number of ether oxygens (including phenoxy) is 3. The number of aryl methyl sites for hydroxylation is 2. The molecular formula is C35H43N3O6. The number of nitrogens with zero attached hydrogens (tertiary/aromatic N) is 3. The van der Waals surface area contributed by atoms with Crippen molar-refractivity contribution in [3.05, 3.63) is 70.9 Å². The highest BCUT2D eigenvalue weighted by atomic mass is 16.5. The lowest BCUT2D eigenvalue weighted by Gasteiger charge is -2.41. The van der Waals surface area contributed by atoms with Crippen LogP contribution in [0.4, 0.5) is 5.82 Å². The van der Waals surface area contributed by atoms with E-state index in [9.17, 15) is 9.90 Å². The van der Waals surface area contributed by atoms with Crippen LogP contribution in [0, 0.1) is 20.8 Å². The number of aromatic nitrogens is 2. The first-order chi connectivity index (χ1) is 21.1. The van der Waals surface area contributed by atoms with E-state index in [-0.39, 0.29) is 30.3 Å². The predicted molar refractivity (Wildman–Crippen MR) is 171 cm³/mol. The Bertz CT molecular complexity index is 1640. The highest BCUT2D eigenvalue weighted by Gasteiger charge is 2.33. The van der Waals surface area contributed by atoms with E-state index >= 15 is 0 Å². The van der Waals surface area contributed by atoms with Crippen LogP contribution in [0.5, 0.6) is 5.75 Å². The van der Waals surface area contributed by atoms with Gasteiger partial charge in [0.2, 0.25) is 0 Å². The molecule has 2 aromatic heterocycles. The number of benzene rings is 2. The van der Waals surface area contributed by atoms with Crippen LogP contribution in [-0.2, 0) is 25.4 Å². The summed E-state index contributed by atoms with van der Waals surface area (Å²) in [6.45, 7) is 11.0. The number of piperidine rings is 1. The van der Waals surface area contributed by atoms with Gasteiger partial charge in [0, 0.05) is 36.0 Å². The Morgan fingerprint density at radius 2 is 1.75 bits per heavy atom. The number of phenolic OH excluding ortho intramolecular Hbond substituents is 1. The minimum absolute atomic E-state index is 0.00227. The van der Waals surface area contributed by atoms with E-state index in [1.807, 2.05) is 44.2 Å². The maximum absolute atomic E-state index is 12.6. The molecule has 9 nitrogen and oxygen atoms in total. The van der Waals surface area contributed by atoms with E-state index in [0.29, 0.717) is 19.8 Å². The molecule has 9 heteroatoms. The molecule has 0 unspecified atom stereocenters. The molecule has 0 radical (unpaired) electrons. The molecule has 0 atom stereocenters. The highest BCUT2D eigenvalue weighted by Crippen LogP contribution is 2.37. The molecule has 234 valence electrons. The highest BCUT2D eigenvalue weighted by molar-refractivity contribution is 5.80. The molecule has 0 aliphatic carbocycles. The first-order valence-corrected chi connectivity index (χ1v) is 15.2. The molecule has 0 amide bonds. The summed E-state index contributed by atoms with van der Waals surface area (Å²) in [5.41, 5.74) is 8.05. The number of hydrogen-bond acceptors (Lipinski definition) is 8. The van der Waals surface area contributed by atoms with Crippen LogP contribution < -0.4 is 4.90 Å². The summed E-state index contributed by atoms with van der Waals surface area (Å²) in [5.74, 6) is 0.906. The second kappa shape index (κ2) is 13.4. The van der Waals surface area contributed by atoms with Crippen molar-refractivity contribution in [2.24, 2.45) is 0 Å². The second-order valence-corrected chi connectivity index (χ2v) is 11.8. The number of aliphatic hydroxyl groups excluding tert-OH is 1. The number of esters is 1. The molecule has 44 heavy (non-hydrogen) atoms. The first-order valence-electron chi connectivity index (χ1n) is 15.2. The fourth-order valence-corrected chi connectivity index (χ4v) is 6.00. The topological polar surface area (TPSA) is 106 Å². The van der Waals surface area contributed by atoms with Crippen molar-refractivity contribution in [2.75, 3.05) is 51.5 Å². The lowest BCUT2D eigenvalue weighted by molar-refractivity contribution is -0.139. The maximum Gasteiger partial charge on any atom is 0.310 e. The van der Waals surface area contributed by atoms with Crippen molar-refractivity contribution in [3.8, 4) is 28.1 Å². The Kier molecular flexibility index (Phi) is 9.58. The minimum atomic E-state index is -0.289. The van der Waals surface area contributed by atoms with Gasteiger partial charge in [-0.15, -0.1) is 0 Å². The lowest BCUT2D eigenvalue weighted by atomic mass is 9.92. The quantitative estimate of drug-likeness (QED) is 0.174. The predicted octanol–water partition coefficient (Wildman–Crippen LogP) is 5.40. The Morgan fingerprint density at radius 3 is 2.48 bits per heavy atom. The summed E-state index contributed by atoms with van der Waals surface area (Å²) in [4.78, 5) is 20.1. The number of rotatable bonds is 11. The third-order valence-electron chi connectivity index (χ3n) is 8.76. The minimum Gasteiger partial charge on any atom is -0.507 e. The van der Waals surface area contributed by atoms with Gasteiger partial charge < -0.3 is 29.3 Å². The molecule has 1 saturated heterocycles. The summed E-state index contributed by atoms with van der Waals surface area (Å²) >= 11 is 0. The van der Waals surface area contributed by atoms with E-state index in [4.69, 9.17) is 24.3 Å². The van der Waals surface area contributed by atoms with Crippen LogP contribution in [0.3, 0.4) is 0 Å². The fourth-order valence-electron chi connectivity index (χ4n) is 6.00. The maximum atomic E-state index is 12.6. The molecule has 3 heterocycles. The van der Waals surface area contributed by atoms with Gasteiger partial charge in [-0.2, -0.15) is 0 Å². The Balaban J connectivity index is 1.52. The number of anilines is 1. The van der Waals surface area contributed by atoms with E-state index < -0.39 is 0 Å². The monoisotopic (exact) mass is 601 g/mol. The number of imidazole rings is 1. The number of methoxy groups -OCH3 is 1. The molecule has 1 aliphatic rings. The number of pyridine rings is 1. The number of aliphatic hydroxyl groups is 1. The molecule has 0 saturated carbocycles. The lowest BCUT2D eigenvalue weighted by Crippen LogP contribution is -2.45. The fraction of sp³-hybridized carbons (Fsp3) is 0.429. The van der Waals surface area contributed by atoms with Crippen LogP contribution in [0.2, 0.25) is 0 Å². The van der Waals surface area contributed by atoms with E-state index in [2.05, 4.69) is 35.4 Å². The molecule has 2 N–H and O–H groups in total. The average Bonchev–Trinajstić information content (AvgIpc) is 3.47. The normalized spacial score (nSPS) is 14.7. The number of carbonyl (C=O) groups excluding carboxylic acids is 1. The van der Waals surface area contributed by atoms with Gasteiger partial charge in [-0.3, -0.25) is 9.20 Å². The zero-order valence-corrected chi connectivity index (χ0v) is 26.4. The third kappa shape index (κ3) is 6.60. The van der Waals surface area contributed by atoms with Crippen LogP contribution in [-0.4, -0.2) is 77.8 Å². The summed E-state index contributed by atoms with van der Waals surface area (Å²) in [6, 6.07) is 13.7. The number of aromatic hydroxyl groups is 1. The summed E-state index contributed by atoms with van der Waals surface area (Å²) in [5, 5.41) is 19.5. The molecule has 0 bridgehead atoms. The van der Waals surface area contributed by atoms with Gasteiger partial charge in [0.05, 0.1) is 51.3 Å². The standard InChI is InChI=1S/C35H43N3O6/c1-23-9-10-31(40)29(19-23)26-7-6-8-27(20-26)30-22-38-33(36-30)25(3)24(2)28(21-32(41)42-5)34(38)37-13-11-35(4,12-14-37)44-18-17-43-16-15-39/h6-10,19-20,22,39-40H,11-18,21H2,1-5H3. The van der Waals surface area contributed by atoms with Crippen LogP contribution in [0.15, 0.2) is 48.7 Å². The zero-order chi connectivity index (χ0) is 31.4. The molecule has 1 fully saturated rings. The molecule has 5 rings (SSSR count). The number of carbonyl (C=O) groups is 1. The van der Waals surface area contributed by atoms with Gasteiger partial charge in [-0.25, -0.2) is 4.98 Å². The van der Waals surface area contributed by atoms with E-state index in [1.165, 1.54) is 7.11 Å².